The van der Waals surface area contributed by atoms with Gasteiger partial charge in [0.05, 0.1) is 6.04 Å². The molecule has 1 heterocycles. The minimum Gasteiger partial charge on any atom is -0.469 e. The van der Waals surface area contributed by atoms with Gasteiger partial charge in [-0.15, -0.1) is 0 Å². The number of hydrogen-bond acceptors (Lipinski definition) is 2. The summed E-state index contributed by atoms with van der Waals surface area (Å²) in [5, 5.41) is 0. The van der Waals surface area contributed by atoms with Gasteiger partial charge in [0.25, 0.3) is 0 Å². The molecule has 2 aromatic carbocycles. The van der Waals surface area contributed by atoms with Crippen molar-refractivity contribution in [1.82, 2.24) is 0 Å². The molecule has 2 heteroatoms. The van der Waals surface area contributed by atoms with E-state index in [1.165, 1.54) is 31.2 Å². The maximum absolute atomic E-state index is 6.38. The van der Waals surface area contributed by atoms with Gasteiger partial charge in [-0.3, -0.25) is 0 Å². The maximum atomic E-state index is 6.38. The normalized spacial score (nSPS) is 27.5. The lowest BCUT2D eigenvalue weighted by Gasteiger charge is -2.39. The van der Waals surface area contributed by atoms with E-state index in [4.69, 9.17) is 9.73 Å². The van der Waals surface area contributed by atoms with Crippen molar-refractivity contribution in [3.8, 4) is 0 Å². The molecule has 2 aromatic rings. The molecule has 0 N–H and O–H groups in total. The van der Waals surface area contributed by atoms with Gasteiger partial charge >= 0.3 is 0 Å². The second-order valence-electron chi connectivity index (χ2n) is 6.27. The molecule has 0 bridgehead atoms. The first-order chi connectivity index (χ1) is 10.9. The van der Waals surface area contributed by atoms with Crippen molar-refractivity contribution >= 4 is 5.90 Å². The van der Waals surface area contributed by atoms with E-state index in [0.717, 1.165) is 11.5 Å². The number of nitrogens with zero attached hydrogens (tertiary/aromatic N) is 1. The Kier molecular flexibility index (Phi) is 3.67. The van der Waals surface area contributed by atoms with Gasteiger partial charge in [-0.25, -0.2) is 4.99 Å². The minimum absolute atomic E-state index is 0.138. The maximum Gasteiger partial charge on any atom is 0.216 e. The van der Waals surface area contributed by atoms with Crippen molar-refractivity contribution in [2.24, 2.45) is 10.9 Å². The molecule has 1 saturated carbocycles. The molecule has 0 amide bonds. The average molecular weight is 291 g/mol. The number of benzene rings is 2. The summed E-state index contributed by atoms with van der Waals surface area (Å²) in [5.41, 5.74) is 2.37. The van der Waals surface area contributed by atoms with Crippen LogP contribution in [-0.2, 0) is 4.74 Å². The van der Waals surface area contributed by atoms with Gasteiger partial charge in [0.1, 0.15) is 6.10 Å². The highest BCUT2D eigenvalue weighted by molar-refractivity contribution is 5.94. The third-order valence-corrected chi connectivity index (χ3v) is 4.84. The summed E-state index contributed by atoms with van der Waals surface area (Å²) >= 11 is 0. The van der Waals surface area contributed by atoms with Crippen LogP contribution in [-0.4, -0.2) is 11.9 Å². The van der Waals surface area contributed by atoms with Crippen LogP contribution in [0.2, 0.25) is 0 Å². The van der Waals surface area contributed by atoms with Gasteiger partial charge in [-0.1, -0.05) is 61.4 Å². The van der Waals surface area contributed by atoms with Gasteiger partial charge in [0, 0.05) is 11.5 Å². The van der Waals surface area contributed by atoms with Crippen LogP contribution in [0.3, 0.4) is 0 Å². The molecule has 2 nitrogen and oxygen atoms in total. The highest BCUT2D eigenvalue weighted by Gasteiger charge is 2.38. The van der Waals surface area contributed by atoms with Crippen LogP contribution in [0, 0.1) is 5.92 Å². The fourth-order valence-corrected chi connectivity index (χ4v) is 3.72. The molecule has 2 aliphatic rings. The van der Waals surface area contributed by atoms with E-state index >= 15 is 0 Å². The Bertz CT molecular complexity index is 650. The summed E-state index contributed by atoms with van der Waals surface area (Å²) in [6.07, 6.45) is 5.13. The molecule has 0 saturated heterocycles. The topological polar surface area (TPSA) is 21.6 Å². The smallest absolute Gasteiger partial charge is 0.216 e. The molecule has 4 rings (SSSR count). The summed E-state index contributed by atoms with van der Waals surface area (Å²) in [4.78, 5) is 4.94. The first-order valence-electron chi connectivity index (χ1n) is 8.26. The fraction of sp³-hybridized carbons (Fsp3) is 0.350. The number of fused-ring (bicyclic) bond motifs is 1. The van der Waals surface area contributed by atoms with Crippen molar-refractivity contribution < 1.29 is 4.74 Å². The molecule has 0 aromatic heterocycles. The Morgan fingerprint density at radius 1 is 0.818 bits per heavy atom. The van der Waals surface area contributed by atoms with Gasteiger partial charge in [0.15, 0.2) is 0 Å². The van der Waals surface area contributed by atoms with Gasteiger partial charge < -0.3 is 4.74 Å². The van der Waals surface area contributed by atoms with Gasteiger partial charge in [-0.05, 0) is 30.5 Å². The van der Waals surface area contributed by atoms with Crippen molar-refractivity contribution in [1.29, 1.82) is 0 Å². The molecule has 0 radical (unpaired) electrons. The second-order valence-corrected chi connectivity index (χ2v) is 6.27. The molecular weight excluding hydrogens is 270 g/mol. The number of ether oxygens (including phenoxy) is 1. The summed E-state index contributed by atoms with van der Waals surface area (Å²) in [6, 6.07) is 21.3. The van der Waals surface area contributed by atoms with E-state index in [-0.39, 0.29) is 6.10 Å². The average Bonchev–Trinajstić information content (AvgIpc) is 2.62. The van der Waals surface area contributed by atoms with E-state index in [2.05, 4.69) is 42.5 Å². The van der Waals surface area contributed by atoms with Crippen LogP contribution >= 0.6 is 0 Å². The van der Waals surface area contributed by atoms with Crippen LogP contribution in [0.4, 0.5) is 0 Å². The molecule has 22 heavy (non-hydrogen) atoms. The molecule has 0 unspecified atom stereocenters. The number of rotatable bonds is 2. The van der Waals surface area contributed by atoms with Crippen LogP contribution in [0.25, 0.3) is 0 Å². The zero-order valence-electron chi connectivity index (χ0n) is 12.7. The van der Waals surface area contributed by atoms with E-state index in [1.54, 1.807) is 0 Å². The molecular formula is C20H21NO. The zero-order valence-corrected chi connectivity index (χ0v) is 12.7. The monoisotopic (exact) mass is 291 g/mol. The lowest BCUT2D eigenvalue weighted by molar-refractivity contribution is 0.0638. The standard InChI is InChI=1S/C20H21NO/c1-3-9-15(10-4-1)19-17-13-7-8-14-18(17)21-20(22-19)16-11-5-2-6-12-16/h1-6,9-12,17-19H,7-8,13-14H2/t17-,18+,19-/m1/s1. The molecule has 3 atom stereocenters. The third-order valence-electron chi connectivity index (χ3n) is 4.84. The third kappa shape index (κ3) is 2.54. The fourth-order valence-electron chi connectivity index (χ4n) is 3.72. The van der Waals surface area contributed by atoms with Crippen molar-refractivity contribution in [2.45, 2.75) is 37.8 Å². The van der Waals surface area contributed by atoms with Crippen molar-refractivity contribution in [3.63, 3.8) is 0 Å². The summed E-state index contributed by atoms with van der Waals surface area (Å²) in [6.45, 7) is 0. The molecule has 112 valence electrons. The molecule has 1 fully saturated rings. The Labute approximate surface area is 131 Å². The molecule has 1 aliphatic carbocycles. The van der Waals surface area contributed by atoms with E-state index < -0.39 is 0 Å². The van der Waals surface area contributed by atoms with Crippen molar-refractivity contribution in [3.05, 3.63) is 71.8 Å². The second kappa shape index (κ2) is 5.96. The Balaban J connectivity index is 1.72. The minimum atomic E-state index is 0.138. The van der Waals surface area contributed by atoms with Crippen LogP contribution in [0.1, 0.15) is 42.9 Å². The van der Waals surface area contributed by atoms with Crippen molar-refractivity contribution in [2.75, 3.05) is 0 Å². The Morgan fingerprint density at radius 2 is 1.50 bits per heavy atom. The van der Waals surface area contributed by atoms with Crippen LogP contribution in [0.5, 0.6) is 0 Å². The predicted octanol–water partition coefficient (Wildman–Crippen LogP) is 4.76. The summed E-state index contributed by atoms with van der Waals surface area (Å²) < 4.78 is 6.38. The van der Waals surface area contributed by atoms with Gasteiger partial charge in [-0.2, -0.15) is 0 Å². The van der Waals surface area contributed by atoms with Crippen LogP contribution in [0.15, 0.2) is 65.7 Å². The SMILES string of the molecule is c1ccc(C2=N[C@H]3CCCC[C@H]3[C@@H](c3ccccc3)O2)cc1. The first-order valence-corrected chi connectivity index (χ1v) is 8.26. The first kappa shape index (κ1) is 13.6. The Morgan fingerprint density at radius 3 is 2.27 bits per heavy atom. The predicted molar refractivity (Wildman–Crippen MR) is 89.0 cm³/mol. The Hall–Kier alpha value is -2.09. The molecule has 0 spiro atoms. The lowest BCUT2D eigenvalue weighted by atomic mass is 9.78. The van der Waals surface area contributed by atoms with Crippen LogP contribution < -0.4 is 0 Å². The van der Waals surface area contributed by atoms with E-state index in [9.17, 15) is 0 Å². The summed E-state index contributed by atoms with van der Waals surface area (Å²) in [7, 11) is 0. The highest BCUT2D eigenvalue weighted by Crippen LogP contribution is 2.42. The highest BCUT2D eigenvalue weighted by atomic mass is 16.5. The van der Waals surface area contributed by atoms with E-state index in [0.29, 0.717) is 12.0 Å². The quantitative estimate of drug-likeness (QED) is 0.781. The lowest BCUT2D eigenvalue weighted by Crippen LogP contribution is -2.36. The zero-order chi connectivity index (χ0) is 14.8. The summed E-state index contributed by atoms with van der Waals surface area (Å²) in [5.74, 6) is 1.33. The molecule has 1 aliphatic heterocycles. The number of hydrogen-bond donors (Lipinski definition) is 0. The van der Waals surface area contributed by atoms with E-state index in [1.807, 2.05) is 18.2 Å². The number of aliphatic imine (C=N–C) groups is 1. The van der Waals surface area contributed by atoms with Gasteiger partial charge in [0.2, 0.25) is 5.90 Å². The largest absolute Gasteiger partial charge is 0.469 e.